The van der Waals surface area contributed by atoms with Crippen molar-refractivity contribution in [2.75, 3.05) is 11.5 Å². The summed E-state index contributed by atoms with van der Waals surface area (Å²) in [5.41, 5.74) is 4.51. The quantitative estimate of drug-likeness (QED) is 0.222. The molecule has 89 valence electrons. The maximum absolute atomic E-state index is 10.4. The minimum absolute atomic E-state index is 0. The van der Waals surface area contributed by atoms with Crippen LogP contribution in [0.25, 0.3) is 0 Å². The second-order valence-corrected chi connectivity index (χ2v) is 8.36. The van der Waals surface area contributed by atoms with Gasteiger partial charge in [0.1, 0.15) is 0 Å². The van der Waals surface area contributed by atoms with Gasteiger partial charge in [0.2, 0.25) is 0 Å². The first kappa shape index (κ1) is 17.4. The Hall–Kier alpha value is 1.43. The van der Waals surface area contributed by atoms with Crippen molar-refractivity contribution in [1.82, 2.24) is 5.43 Å². The number of thioether (sulfide) groups is 2. The van der Waals surface area contributed by atoms with Crippen LogP contribution in [-0.4, -0.2) is 63.1 Å². The Balaban J connectivity index is 0.00000225. The van der Waals surface area contributed by atoms with Crippen molar-refractivity contribution < 1.29 is 13.0 Å². The molecule has 0 saturated heterocycles. The van der Waals surface area contributed by atoms with Gasteiger partial charge in [0, 0.05) is 29.6 Å². The Morgan fingerprint density at radius 2 is 2.25 bits per heavy atom. The second-order valence-electron chi connectivity index (χ2n) is 2.89. The average molecular weight is 311 g/mol. The molecule has 0 bridgehead atoms. The molecular formula is C6H12N2NaO3S4. The summed E-state index contributed by atoms with van der Waals surface area (Å²) in [6, 6.07) is 0. The molecule has 0 aromatic rings. The van der Waals surface area contributed by atoms with Crippen molar-refractivity contribution in [3.63, 3.8) is 0 Å². The normalized spacial score (nSPS) is 23.9. The van der Waals surface area contributed by atoms with Gasteiger partial charge in [0.25, 0.3) is 10.1 Å². The molecule has 1 radical (unpaired) electrons. The summed E-state index contributed by atoms with van der Waals surface area (Å²) >= 11 is 7.38. The summed E-state index contributed by atoms with van der Waals surface area (Å²) in [6.45, 7) is 0. The van der Waals surface area contributed by atoms with Gasteiger partial charge >= 0.3 is 0 Å². The molecule has 2 N–H and O–H groups in total. The van der Waals surface area contributed by atoms with E-state index in [0.717, 1.165) is 12.2 Å². The Kier molecular flexibility index (Phi) is 8.47. The van der Waals surface area contributed by atoms with E-state index < -0.39 is 13.7 Å². The van der Waals surface area contributed by atoms with Crippen molar-refractivity contribution >= 4 is 81.4 Å². The topological polar surface area (TPSA) is 78.8 Å². The number of hydrazone groups is 1. The molecule has 0 aromatic heterocycles. The summed E-state index contributed by atoms with van der Waals surface area (Å²) in [5, 5.41) is 3.83. The van der Waals surface area contributed by atoms with Crippen LogP contribution >= 0.6 is 36.2 Å². The fraction of sp³-hybridized carbons (Fsp3) is 0.833. The van der Waals surface area contributed by atoms with E-state index in [-0.39, 0.29) is 35.3 Å². The number of hydrogen-bond donors (Lipinski definition) is 3. The zero-order valence-corrected chi connectivity index (χ0v) is 14.1. The van der Waals surface area contributed by atoms with Crippen LogP contribution in [0, 0.1) is 0 Å². The number of thiol groups is 1. The molecule has 0 aliphatic carbocycles. The molecule has 0 fully saturated rings. The van der Waals surface area contributed by atoms with Crippen LogP contribution in [-0.2, 0) is 10.1 Å². The Morgan fingerprint density at radius 3 is 2.75 bits per heavy atom. The largest absolute Gasteiger partial charge is 0.286 e. The van der Waals surface area contributed by atoms with Gasteiger partial charge in [-0.3, -0.25) is 9.98 Å². The van der Waals surface area contributed by atoms with Gasteiger partial charge in [0.05, 0.1) is 11.3 Å². The molecule has 1 aliphatic rings. The molecule has 1 rings (SSSR count). The van der Waals surface area contributed by atoms with Crippen LogP contribution in [0.5, 0.6) is 0 Å². The first-order chi connectivity index (χ1) is 6.91. The minimum atomic E-state index is -3.81. The van der Waals surface area contributed by atoms with E-state index in [2.05, 4.69) is 23.2 Å². The van der Waals surface area contributed by atoms with Crippen LogP contribution < -0.4 is 5.43 Å². The maximum atomic E-state index is 10.4. The first-order valence-corrected chi connectivity index (χ1v) is 8.11. The van der Waals surface area contributed by atoms with Crippen LogP contribution in [0.1, 0.15) is 12.8 Å². The molecule has 0 aromatic carbocycles. The SMILES string of the molecule is O=S(=O)(O)CCCCSC1(S)NN=CS1.[Na]. The van der Waals surface area contributed by atoms with E-state index in [4.69, 9.17) is 4.55 Å². The second kappa shape index (κ2) is 7.78. The number of unbranched alkanes of at least 4 members (excludes halogenated alkanes) is 1. The molecule has 5 nitrogen and oxygen atoms in total. The smallest absolute Gasteiger partial charge is 0.264 e. The Bertz CT molecular complexity index is 327. The van der Waals surface area contributed by atoms with Crippen molar-refractivity contribution in [3.05, 3.63) is 0 Å². The van der Waals surface area contributed by atoms with Crippen molar-refractivity contribution in [2.45, 2.75) is 16.4 Å². The number of hydrogen-bond acceptors (Lipinski definition) is 7. The van der Waals surface area contributed by atoms with Gasteiger partial charge in [-0.25, -0.2) is 0 Å². The average Bonchev–Trinajstić information content (AvgIpc) is 2.50. The van der Waals surface area contributed by atoms with Crippen molar-refractivity contribution in [1.29, 1.82) is 0 Å². The zero-order valence-electron chi connectivity index (χ0n) is 8.79. The van der Waals surface area contributed by atoms with Crippen molar-refractivity contribution in [2.24, 2.45) is 5.10 Å². The van der Waals surface area contributed by atoms with Crippen LogP contribution in [0.15, 0.2) is 5.10 Å². The summed E-state index contributed by atoms with van der Waals surface area (Å²) in [5.74, 6) is 0.590. The summed E-state index contributed by atoms with van der Waals surface area (Å²) < 4.78 is 28.9. The fourth-order valence-corrected chi connectivity index (χ4v) is 3.68. The zero-order chi connectivity index (χ0) is 11.4. The predicted molar refractivity (Wildman–Crippen MR) is 74.8 cm³/mol. The summed E-state index contributed by atoms with van der Waals surface area (Å²) in [7, 11) is -3.81. The van der Waals surface area contributed by atoms with Gasteiger partial charge in [-0.05, 0) is 18.6 Å². The first-order valence-electron chi connectivity index (χ1n) is 4.19. The Labute approximate surface area is 131 Å². The Morgan fingerprint density at radius 1 is 1.56 bits per heavy atom. The molecule has 1 heterocycles. The number of nitrogens with one attached hydrogen (secondary N) is 1. The fourth-order valence-electron chi connectivity index (χ4n) is 0.895. The monoisotopic (exact) mass is 311 g/mol. The van der Waals surface area contributed by atoms with E-state index in [1.165, 1.54) is 11.8 Å². The van der Waals surface area contributed by atoms with Gasteiger partial charge in [-0.15, -0.1) is 24.4 Å². The molecule has 16 heavy (non-hydrogen) atoms. The molecule has 1 aliphatic heterocycles. The molecule has 10 heteroatoms. The van der Waals surface area contributed by atoms with E-state index in [9.17, 15) is 8.42 Å². The third-order valence-electron chi connectivity index (χ3n) is 1.57. The van der Waals surface area contributed by atoms with Gasteiger partial charge in [0.15, 0.2) is 3.54 Å². The van der Waals surface area contributed by atoms with E-state index >= 15 is 0 Å². The molecule has 1 atom stereocenters. The number of nitrogens with zero attached hydrogens (tertiary/aromatic N) is 1. The summed E-state index contributed by atoms with van der Waals surface area (Å²) in [6.07, 6.45) is 1.18. The van der Waals surface area contributed by atoms with Gasteiger partial charge in [-0.2, -0.15) is 13.5 Å². The van der Waals surface area contributed by atoms with Crippen LogP contribution in [0.4, 0.5) is 0 Å². The molecular weight excluding hydrogens is 299 g/mol. The van der Waals surface area contributed by atoms with E-state index in [1.54, 1.807) is 17.3 Å². The standard InChI is InChI=1S/C6H12N2O3S4.Na/c9-15(10,11)4-2-1-3-13-6(12)8-7-5-14-6;/h5,8,12H,1-4H2,(H,9,10,11);. The van der Waals surface area contributed by atoms with Crippen LogP contribution in [0.3, 0.4) is 0 Å². The molecule has 1 unspecified atom stereocenters. The van der Waals surface area contributed by atoms with E-state index in [1.807, 2.05) is 0 Å². The minimum Gasteiger partial charge on any atom is -0.286 e. The molecule has 0 spiro atoms. The third-order valence-corrected chi connectivity index (χ3v) is 5.41. The molecule has 0 saturated carbocycles. The van der Waals surface area contributed by atoms with Gasteiger partial charge < -0.3 is 0 Å². The van der Waals surface area contributed by atoms with Gasteiger partial charge in [-0.1, -0.05) is 11.8 Å². The third kappa shape index (κ3) is 7.70. The summed E-state index contributed by atoms with van der Waals surface area (Å²) in [4.78, 5) is 0. The van der Waals surface area contributed by atoms with Crippen molar-refractivity contribution in [3.8, 4) is 0 Å². The maximum Gasteiger partial charge on any atom is 0.264 e. The van der Waals surface area contributed by atoms with E-state index in [0.29, 0.717) is 6.42 Å². The molecule has 0 amide bonds. The van der Waals surface area contributed by atoms with Crippen LogP contribution in [0.2, 0.25) is 0 Å². The number of rotatable bonds is 6. The predicted octanol–water partition coefficient (Wildman–Crippen LogP) is 0.828.